The summed E-state index contributed by atoms with van der Waals surface area (Å²) >= 11 is 0. The third-order valence-electron chi connectivity index (χ3n) is 3.21. The minimum Gasteiger partial charge on any atom is -0.443 e. The summed E-state index contributed by atoms with van der Waals surface area (Å²) in [5, 5.41) is 3.25. The van der Waals surface area contributed by atoms with E-state index >= 15 is 0 Å². The molecule has 1 aromatic carbocycles. The van der Waals surface area contributed by atoms with E-state index in [-0.39, 0.29) is 11.9 Å². The Hall–Kier alpha value is -2.27. The number of halogens is 1. The molecule has 0 radical (unpaired) electrons. The second-order valence-corrected chi connectivity index (χ2v) is 4.63. The number of nitrogens with zero attached hydrogens (tertiary/aromatic N) is 2. The van der Waals surface area contributed by atoms with Crippen molar-refractivity contribution in [2.45, 2.75) is 19.5 Å². The van der Waals surface area contributed by atoms with E-state index in [1.165, 1.54) is 12.5 Å². The number of nitrogens with one attached hydrogen (secondary N) is 1. The lowest BCUT2D eigenvalue weighted by molar-refractivity contribution is 0.512. The first-order valence-corrected chi connectivity index (χ1v) is 6.40. The normalized spacial score (nSPS) is 12.7. The molecule has 5 heteroatoms. The molecule has 0 spiro atoms. The summed E-state index contributed by atoms with van der Waals surface area (Å²) in [4.78, 5) is 8.13. The quantitative estimate of drug-likeness (QED) is 0.791. The minimum absolute atomic E-state index is 0.165. The van der Waals surface area contributed by atoms with Crippen LogP contribution in [-0.2, 0) is 6.54 Å². The zero-order valence-corrected chi connectivity index (χ0v) is 11.0. The van der Waals surface area contributed by atoms with Crippen LogP contribution in [0.5, 0.6) is 0 Å². The summed E-state index contributed by atoms with van der Waals surface area (Å²) in [5.74, 6) is -0.293. The maximum absolute atomic E-state index is 13.6. The summed E-state index contributed by atoms with van der Waals surface area (Å²) in [5.41, 5.74) is 3.06. The summed E-state index contributed by atoms with van der Waals surface area (Å²) in [7, 11) is 0. The largest absolute Gasteiger partial charge is 0.443 e. The van der Waals surface area contributed by atoms with E-state index < -0.39 is 0 Å². The molecule has 1 N–H and O–H groups in total. The average Bonchev–Trinajstić information content (AvgIpc) is 2.92. The van der Waals surface area contributed by atoms with E-state index in [0.29, 0.717) is 12.2 Å². The Balaban J connectivity index is 1.71. The molecule has 0 aliphatic heterocycles. The molecule has 1 unspecified atom stereocenters. The summed E-state index contributed by atoms with van der Waals surface area (Å²) in [6.45, 7) is 2.49. The SMILES string of the molecule is CC(NCc1ccc2ncoc2c1)c1ncccc1F. The van der Waals surface area contributed by atoms with Crippen LogP contribution in [0.3, 0.4) is 0 Å². The van der Waals surface area contributed by atoms with Crippen molar-refractivity contribution in [3.05, 3.63) is 60.0 Å². The lowest BCUT2D eigenvalue weighted by Crippen LogP contribution is -2.20. The number of oxazole rings is 1. The summed E-state index contributed by atoms with van der Waals surface area (Å²) < 4.78 is 18.9. The number of pyridine rings is 1. The Kier molecular flexibility index (Phi) is 3.43. The monoisotopic (exact) mass is 271 g/mol. The lowest BCUT2D eigenvalue weighted by atomic mass is 10.1. The van der Waals surface area contributed by atoms with Crippen LogP contribution in [0.1, 0.15) is 24.2 Å². The Morgan fingerprint density at radius 2 is 2.20 bits per heavy atom. The van der Waals surface area contributed by atoms with Crippen molar-refractivity contribution in [3.8, 4) is 0 Å². The van der Waals surface area contributed by atoms with Gasteiger partial charge in [-0.2, -0.15) is 0 Å². The Morgan fingerprint density at radius 1 is 1.30 bits per heavy atom. The van der Waals surface area contributed by atoms with E-state index in [9.17, 15) is 4.39 Å². The first kappa shape index (κ1) is 12.7. The highest BCUT2D eigenvalue weighted by molar-refractivity contribution is 5.72. The molecule has 2 aromatic heterocycles. The van der Waals surface area contributed by atoms with Gasteiger partial charge in [0.15, 0.2) is 12.0 Å². The zero-order chi connectivity index (χ0) is 13.9. The first-order valence-electron chi connectivity index (χ1n) is 6.40. The van der Waals surface area contributed by atoms with Gasteiger partial charge >= 0.3 is 0 Å². The molecule has 3 rings (SSSR count). The van der Waals surface area contributed by atoms with Crippen LogP contribution in [0.15, 0.2) is 47.3 Å². The van der Waals surface area contributed by atoms with Gasteiger partial charge in [-0.1, -0.05) is 6.07 Å². The highest BCUT2D eigenvalue weighted by Crippen LogP contribution is 2.16. The Morgan fingerprint density at radius 3 is 3.05 bits per heavy atom. The molecule has 0 saturated heterocycles. The van der Waals surface area contributed by atoms with Crippen LogP contribution in [-0.4, -0.2) is 9.97 Å². The molecule has 4 nitrogen and oxygen atoms in total. The van der Waals surface area contributed by atoms with Gasteiger partial charge in [-0.25, -0.2) is 9.37 Å². The Labute approximate surface area is 115 Å². The minimum atomic E-state index is -0.293. The van der Waals surface area contributed by atoms with Gasteiger partial charge in [0.05, 0.1) is 5.69 Å². The highest BCUT2D eigenvalue weighted by Gasteiger charge is 2.11. The molecule has 20 heavy (non-hydrogen) atoms. The van der Waals surface area contributed by atoms with Crippen molar-refractivity contribution >= 4 is 11.1 Å². The van der Waals surface area contributed by atoms with Crippen LogP contribution in [0.4, 0.5) is 4.39 Å². The third kappa shape index (κ3) is 2.53. The van der Waals surface area contributed by atoms with E-state index in [2.05, 4.69) is 15.3 Å². The smallest absolute Gasteiger partial charge is 0.181 e. The van der Waals surface area contributed by atoms with Gasteiger partial charge in [0.25, 0.3) is 0 Å². The molecule has 0 saturated carbocycles. The fourth-order valence-corrected chi connectivity index (χ4v) is 2.09. The first-order chi connectivity index (χ1) is 9.74. The maximum Gasteiger partial charge on any atom is 0.181 e. The van der Waals surface area contributed by atoms with Gasteiger partial charge in [-0.05, 0) is 36.8 Å². The number of hydrogen-bond acceptors (Lipinski definition) is 4. The third-order valence-corrected chi connectivity index (χ3v) is 3.21. The molecule has 0 bridgehead atoms. The molecular formula is C15H14FN3O. The predicted octanol–water partition coefficient (Wildman–Crippen LogP) is 3.21. The standard InChI is InChI=1S/C15H14FN3O/c1-10(15-12(16)3-2-6-17-15)18-8-11-4-5-13-14(7-11)20-9-19-13/h2-7,9-10,18H,8H2,1H3. The number of aromatic nitrogens is 2. The number of fused-ring (bicyclic) bond motifs is 1. The topological polar surface area (TPSA) is 51.0 Å². The number of benzene rings is 1. The van der Waals surface area contributed by atoms with Crippen molar-refractivity contribution in [2.24, 2.45) is 0 Å². The van der Waals surface area contributed by atoms with Gasteiger partial charge in [0, 0.05) is 18.8 Å². The van der Waals surface area contributed by atoms with Crippen molar-refractivity contribution in [2.75, 3.05) is 0 Å². The van der Waals surface area contributed by atoms with Crippen LogP contribution in [0.25, 0.3) is 11.1 Å². The second-order valence-electron chi connectivity index (χ2n) is 4.63. The molecule has 0 aliphatic rings. The molecule has 0 amide bonds. The van der Waals surface area contributed by atoms with Gasteiger partial charge in [0.1, 0.15) is 11.3 Å². The van der Waals surface area contributed by atoms with Crippen molar-refractivity contribution in [1.29, 1.82) is 0 Å². The molecule has 1 atom stereocenters. The van der Waals surface area contributed by atoms with Crippen molar-refractivity contribution < 1.29 is 8.81 Å². The van der Waals surface area contributed by atoms with E-state index in [4.69, 9.17) is 4.42 Å². The van der Waals surface area contributed by atoms with Gasteiger partial charge in [0.2, 0.25) is 0 Å². The maximum atomic E-state index is 13.6. The fourth-order valence-electron chi connectivity index (χ4n) is 2.09. The number of rotatable bonds is 4. The second kappa shape index (κ2) is 5.38. The van der Waals surface area contributed by atoms with Gasteiger partial charge < -0.3 is 9.73 Å². The molecular weight excluding hydrogens is 257 g/mol. The average molecular weight is 271 g/mol. The number of hydrogen-bond donors (Lipinski definition) is 1. The predicted molar refractivity (Wildman–Crippen MR) is 73.5 cm³/mol. The van der Waals surface area contributed by atoms with Gasteiger partial charge in [-0.3, -0.25) is 4.98 Å². The molecule has 3 aromatic rings. The highest BCUT2D eigenvalue weighted by atomic mass is 19.1. The van der Waals surface area contributed by atoms with Crippen molar-refractivity contribution in [1.82, 2.24) is 15.3 Å². The van der Waals surface area contributed by atoms with E-state index in [1.807, 2.05) is 25.1 Å². The van der Waals surface area contributed by atoms with E-state index in [1.54, 1.807) is 12.3 Å². The summed E-state index contributed by atoms with van der Waals surface area (Å²) in [6.07, 6.45) is 3.02. The van der Waals surface area contributed by atoms with Crippen LogP contribution in [0, 0.1) is 5.82 Å². The summed E-state index contributed by atoms with van der Waals surface area (Å²) in [6, 6.07) is 8.64. The lowest BCUT2D eigenvalue weighted by Gasteiger charge is -2.13. The molecule has 2 heterocycles. The van der Waals surface area contributed by atoms with Crippen LogP contribution in [0.2, 0.25) is 0 Å². The zero-order valence-electron chi connectivity index (χ0n) is 11.0. The van der Waals surface area contributed by atoms with Crippen LogP contribution < -0.4 is 5.32 Å². The molecule has 0 aliphatic carbocycles. The van der Waals surface area contributed by atoms with E-state index in [0.717, 1.165) is 16.7 Å². The van der Waals surface area contributed by atoms with Gasteiger partial charge in [-0.15, -0.1) is 0 Å². The Bertz CT molecular complexity index is 726. The molecule has 102 valence electrons. The van der Waals surface area contributed by atoms with Crippen LogP contribution >= 0.6 is 0 Å². The molecule has 0 fully saturated rings. The fraction of sp³-hybridized carbons (Fsp3) is 0.200. The van der Waals surface area contributed by atoms with Crippen molar-refractivity contribution in [3.63, 3.8) is 0 Å².